The van der Waals surface area contributed by atoms with E-state index in [0.29, 0.717) is 8.96 Å². The first-order valence-corrected chi connectivity index (χ1v) is 10.3. The Bertz CT molecular complexity index is 1080. The van der Waals surface area contributed by atoms with Crippen LogP contribution in [0.15, 0.2) is 61.7 Å². The Hall–Kier alpha value is -2.50. The molecular weight excluding hydrogens is 528 g/mol. The number of nitrogens with one attached hydrogen (secondary N) is 1. The molecule has 1 N–H and O–H groups in total. The van der Waals surface area contributed by atoms with Crippen LogP contribution in [-0.2, 0) is 19.0 Å². The summed E-state index contributed by atoms with van der Waals surface area (Å²) in [5, 5.41) is 0. The van der Waals surface area contributed by atoms with E-state index < -0.39 is 47.7 Å². The lowest BCUT2D eigenvalue weighted by molar-refractivity contribution is -0.156. The molecule has 0 aliphatic carbocycles. The maximum absolute atomic E-state index is 12.6. The summed E-state index contributed by atoms with van der Waals surface area (Å²) >= 11 is 6.46. The number of rotatable bonds is 5. The van der Waals surface area contributed by atoms with Crippen molar-refractivity contribution >= 4 is 43.8 Å². The van der Waals surface area contributed by atoms with Crippen LogP contribution in [0.5, 0.6) is 0 Å². The van der Waals surface area contributed by atoms with Crippen molar-refractivity contribution in [3.05, 3.63) is 78.5 Å². The minimum atomic E-state index is -1.15. The molecule has 30 heavy (non-hydrogen) atoms. The van der Waals surface area contributed by atoms with Crippen molar-refractivity contribution in [3.63, 3.8) is 0 Å². The van der Waals surface area contributed by atoms with Crippen molar-refractivity contribution in [1.29, 1.82) is 0 Å². The molecule has 1 saturated heterocycles. The van der Waals surface area contributed by atoms with Gasteiger partial charge in [0.2, 0.25) is 0 Å². The number of H-pyrrole nitrogens is 1. The number of aromatic amines is 1. The molecule has 1 aromatic heterocycles. The highest BCUT2D eigenvalue weighted by molar-refractivity contribution is 9.28. The molecule has 0 spiro atoms. The van der Waals surface area contributed by atoms with Crippen molar-refractivity contribution in [2.24, 2.45) is 0 Å². The summed E-state index contributed by atoms with van der Waals surface area (Å²) in [6.07, 6.45) is -1.48. The molecule has 0 bridgehead atoms. The molecule has 0 amide bonds. The highest BCUT2D eigenvalue weighted by Crippen LogP contribution is 2.35. The second-order valence-corrected chi connectivity index (χ2v) is 9.05. The van der Waals surface area contributed by atoms with E-state index in [-0.39, 0.29) is 0 Å². The molecule has 9 nitrogen and oxygen atoms in total. The number of hydrogen-bond acceptors (Lipinski definition) is 7. The summed E-state index contributed by atoms with van der Waals surface area (Å²) in [6.45, 7) is 1.19. The van der Waals surface area contributed by atoms with Gasteiger partial charge in [-0.15, -0.1) is 0 Å². The van der Waals surface area contributed by atoms with Gasteiger partial charge in [-0.25, -0.2) is 9.59 Å². The van der Waals surface area contributed by atoms with E-state index in [9.17, 15) is 19.2 Å². The third kappa shape index (κ3) is 5.15. The Morgan fingerprint density at radius 3 is 2.40 bits per heavy atom. The summed E-state index contributed by atoms with van der Waals surface area (Å²) < 4.78 is 18.4. The number of hydrogen-bond donors (Lipinski definition) is 1. The van der Waals surface area contributed by atoms with Gasteiger partial charge in [0.1, 0.15) is 6.10 Å². The molecule has 1 aliphatic heterocycles. The molecular formula is C19H16Br2N2O7. The van der Waals surface area contributed by atoms with E-state index in [1.165, 1.54) is 13.1 Å². The second-order valence-electron chi connectivity index (χ2n) is 6.27. The number of benzene rings is 1. The van der Waals surface area contributed by atoms with Crippen LogP contribution in [0.2, 0.25) is 0 Å². The van der Waals surface area contributed by atoms with Gasteiger partial charge in [0.25, 0.3) is 5.56 Å². The largest absolute Gasteiger partial charge is 0.454 e. The molecule has 3 rings (SSSR count). The zero-order valence-electron chi connectivity index (χ0n) is 15.5. The Morgan fingerprint density at radius 2 is 1.80 bits per heavy atom. The predicted octanol–water partition coefficient (Wildman–Crippen LogP) is 2.22. The average molecular weight is 544 g/mol. The van der Waals surface area contributed by atoms with Crippen molar-refractivity contribution in [2.45, 2.75) is 31.5 Å². The molecule has 1 unspecified atom stereocenters. The van der Waals surface area contributed by atoms with Crippen LogP contribution in [0.4, 0.5) is 0 Å². The third-order valence-electron chi connectivity index (χ3n) is 4.20. The number of aromatic nitrogens is 2. The zero-order chi connectivity index (χ0) is 21.8. The molecule has 158 valence electrons. The molecule has 2 aromatic rings. The Morgan fingerprint density at radius 1 is 1.10 bits per heavy atom. The molecule has 4 atom stereocenters. The van der Waals surface area contributed by atoms with Gasteiger partial charge in [-0.1, -0.05) is 18.2 Å². The fourth-order valence-electron chi connectivity index (χ4n) is 2.99. The number of esters is 2. The first-order valence-electron chi connectivity index (χ1n) is 8.69. The SMILES string of the molecule is CC(=O)O[C@H]1C(n2ccc(=O)[nH]c2=O)O[C@H](C=C(Br)Br)[C@H]1OC(=O)c1ccccc1. The van der Waals surface area contributed by atoms with Crippen molar-refractivity contribution in [2.75, 3.05) is 0 Å². The molecule has 1 aromatic carbocycles. The van der Waals surface area contributed by atoms with Crippen LogP contribution in [0.1, 0.15) is 23.5 Å². The van der Waals surface area contributed by atoms with E-state index in [1.54, 1.807) is 36.4 Å². The normalized spacial score (nSPS) is 22.9. The van der Waals surface area contributed by atoms with E-state index in [0.717, 1.165) is 10.6 Å². The van der Waals surface area contributed by atoms with Crippen molar-refractivity contribution in [1.82, 2.24) is 9.55 Å². The number of carbonyl (C=O) groups is 2. The zero-order valence-corrected chi connectivity index (χ0v) is 18.7. The van der Waals surface area contributed by atoms with Crippen LogP contribution in [-0.4, -0.2) is 39.8 Å². The van der Waals surface area contributed by atoms with Crippen LogP contribution >= 0.6 is 31.9 Å². The smallest absolute Gasteiger partial charge is 0.338 e. The van der Waals surface area contributed by atoms with Crippen LogP contribution in [0.25, 0.3) is 0 Å². The lowest BCUT2D eigenvalue weighted by Gasteiger charge is -2.24. The monoisotopic (exact) mass is 542 g/mol. The topological polar surface area (TPSA) is 117 Å². The third-order valence-corrected chi connectivity index (χ3v) is 4.72. The average Bonchev–Trinajstić information content (AvgIpc) is 2.98. The molecule has 0 radical (unpaired) electrons. The first-order chi connectivity index (χ1) is 14.3. The molecule has 2 heterocycles. The quantitative estimate of drug-likeness (QED) is 0.575. The lowest BCUT2D eigenvalue weighted by Crippen LogP contribution is -2.41. The fourth-order valence-corrected chi connectivity index (χ4v) is 3.51. The number of ether oxygens (including phenoxy) is 3. The standard InChI is InChI=1S/C19H16Br2N2O7/c1-10(24)28-16-15(30-18(26)11-5-3-2-4-6-11)12(9-13(20)21)29-17(16)23-8-7-14(25)22-19(23)27/h2-9,12,15-17H,1H3,(H,22,25,27)/t12-,15-,16-,17?/m1/s1. The highest BCUT2D eigenvalue weighted by Gasteiger charge is 2.50. The maximum Gasteiger partial charge on any atom is 0.338 e. The Balaban J connectivity index is 2.01. The van der Waals surface area contributed by atoms with Crippen LogP contribution in [0, 0.1) is 0 Å². The van der Waals surface area contributed by atoms with Crippen molar-refractivity contribution < 1.29 is 23.8 Å². The van der Waals surface area contributed by atoms with E-state index in [4.69, 9.17) is 14.2 Å². The Kier molecular flexibility index (Phi) is 7.06. The molecule has 11 heteroatoms. The number of halogens is 2. The number of nitrogens with zero attached hydrogens (tertiary/aromatic N) is 1. The van der Waals surface area contributed by atoms with Gasteiger partial charge >= 0.3 is 17.6 Å². The van der Waals surface area contributed by atoms with Gasteiger partial charge in [0, 0.05) is 19.2 Å². The van der Waals surface area contributed by atoms with Gasteiger partial charge in [0.15, 0.2) is 18.4 Å². The minimum Gasteiger partial charge on any atom is -0.454 e. The van der Waals surface area contributed by atoms with Gasteiger partial charge in [-0.2, -0.15) is 0 Å². The molecule has 1 fully saturated rings. The van der Waals surface area contributed by atoms with E-state index in [2.05, 4.69) is 36.8 Å². The molecule has 1 aliphatic rings. The van der Waals surface area contributed by atoms with Gasteiger partial charge < -0.3 is 14.2 Å². The van der Waals surface area contributed by atoms with Crippen LogP contribution in [0.3, 0.4) is 0 Å². The van der Waals surface area contributed by atoms with Crippen molar-refractivity contribution in [3.8, 4) is 0 Å². The van der Waals surface area contributed by atoms with Gasteiger partial charge in [-0.3, -0.25) is 19.1 Å². The summed E-state index contributed by atoms with van der Waals surface area (Å²) in [5.74, 6) is -1.31. The predicted molar refractivity (Wildman–Crippen MR) is 112 cm³/mol. The summed E-state index contributed by atoms with van der Waals surface area (Å²) in [5.41, 5.74) is -1.06. The van der Waals surface area contributed by atoms with Gasteiger partial charge in [-0.05, 0) is 50.1 Å². The first kappa shape index (κ1) is 22.2. The van der Waals surface area contributed by atoms with Gasteiger partial charge in [0.05, 0.1) is 8.96 Å². The maximum atomic E-state index is 12.6. The lowest BCUT2D eigenvalue weighted by atomic mass is 10.1. The van der Waals surface area contributed by atoms with E-state index >= 15 is 0 Å². The highest BCUT2D eigenvalue weighted by atomic mass is 79.9. The minimum absolute atomic E-state index is 0.296. The fraction of sp³-hybridized carbons (Fsp3) is 0.263. The Labute approximate surface area is 186 Å². The van der Waals surface area contributed by atoms with E-state index in [1.807, 2.05) is 0 Å². The second kappa shape index (κ2) is 9.54. The summed E-state index contributed by atoms with van der Waals surface area (Å²) in [6, 6.07) is 9.40. The van der Waals surface area contributed by atoms with Crippen LogP contribution < -0.4 is 11.2 Å². The summed E-state index contributed by atoms with van der Waals surface area (Å²) in [7, 11) is 0. The summed E-state index contributed by atoms with van der Waals surface area (Å²) in [4.78, 5) is 50.2. The number of carbonyl (C=O) groups excluding carboxylic acids is 2. The molecule has 0 saturated carbocycles.